The fourth-order valence-electron chi connectivity index (χ4n) is 3.21. The van der Waals surface area contributed by atoms with Crippen LogP contribution in [0.1, 0.15) is 58.2 Å². The Labute approximate surface area is 129 Å². The second-order valence-corrected chi connectivity index (χ2v) is 7.20. The first-order valence-electron chi connectivity index (χ1n) is 8.37. The third kappa shape index (κ3) is 3.60. The average molecular weight is 292 g/mol. The fraction of sp³-hybridized carbons (Fsp3) is 0.824. The van der Waals surface area contributed by atoms with Gasteiger partial charge >= 0.3 is 0 Å². The molecule has 0 amide bonds. The van der Waals surface area contributed by atoms with Crippen LogP contribution >= 0.6 is 0 Å². The number of hydrogen-bond donors (Lipinski definition) is 1. The first-order chi connectivity index (χ1) is 9.86. The highest BCUT2D eigenvalue weighted by Crippen LogP contribution is 2.36. The molecular weight excluding hydrogens is 260 g/mol. The monoisotopic (exact) mass is 292 g/mol. The van der Waals surface area contributed by atoms with E-state index in [4.69, 9.17) is 0 Å². The zero-order chi connectivity index (χ0) is 15.6. The second kappa shape index (κ2) is 6.39. The molecule has 1 aromatic heterocycles. The van der Waals surface area contributed by atoms with Gasteiger partial charge in [-0.2, -0.15) is 5.10 Å². The van der Waals surface area contributed by atoms with Gasteiger partial charge in [0.25, 0.3) is 0 Å². The van der Waals surface area contributed by atoms with Crippen LogP contribution in [0.15, 0.2) is 0 Å². The predicted molar refractivity (Wildman–Crippen MR) is 89.8 cm³/mol. The van der Waals surface area contributed by atoms with Crippen molar-refractivity contribution in [2.45, 2.75) is 66.5 Å². The first kappa shape index (κ1) is 16.3. The number of nitrogens with zero attached hydrogens (tertiary/aromatic N) is 3. The summed E-state index contributed by atoms with van der Waals surface area (Å²) in [6.45, 7) is 14.5. The van der Waals surface area contributed by atoms with E-state index >= 15 is 0 Å². The topological polar surface area (TPSA) is 33.1 Å². The van der Waals surface area contributed by atoms with Crippen molar-refractivity contribution in [2.24, 2.45) is 12.5 Å². The Bertz CT molecular complexity index is 467. The second-order valence-electron chi connectivity index (χ2n) is 7.20. The Hall–Kier alpha value is -1.03. The number of anilines is 1. The van der Waals surface area contributed by atoms with Crippen molar-refractivity contribution in [1.29, 1.82) is 0 Å². The van der Waals surface area contributed by atoms with Gasteiger partial charge in [-0.05, 0) is 25.2 Å². The van der Waals surface area contributed by atoms with Crippen molar-refractivity contribution in [1.82, 2.24) is 15.1 Å². The SMILES string of the molecule is CCC1(C)CCN(c2c(CNC(C)C)c(C)nn2C)CC1. The first-order valence-corrected chi connectivity index (χ1v) is 8.37. The summed E-state index contributed by atoms with van der Waals surface area (Å²) >= 11 is 0. The molecule has 4 nitrogen and oxygen atoms in total. The number of aromatic nitrogens is 2. The lowest BCUT2D eigenvalue weighted by atomic mass is 9.78. The van der Waals surface area contributed by atoms with Gasteiger partial charge in [-0.15, -0.1) is 0 Å². The molecule has 2 heterocycles. The Morgan fingerprint density at radius 2 is 1.90 bits per heavy atom. The number of rotatable bonds is 5. The van der Waals surface area contributed by atoms with Crippen LogP contribution in [-0.2, 0) is 13.6 Å². The molecular formula is C17H32N4. The van der Waals surface area contributed by atoms with E-state index in [0.717, 1.165) is 25.3 Å². The van der Waals surface area contributed by atoms with Gasteiger partial charge in [-0.25, -0.2) is 0 Å². The summed E-state index contributed by atoms with van der Waals surface area (Å²) in [5.74, 6) is 1.32. The van der Waals surface area contributed by atoms with Crippen LogP contribution in [0.2, 0.25) is 0 Å². The summed E-state index contributed by atoms with van der Waals surface area (Å²) < 4.78 is 2.07. The van der Waals surface area contributed by atoms with Gasteiger partial charge in [0.2, 0.25) is 0 Å². The van der Waals surface area contributed by atoms with Crippen LogP contribution in [-0.4, -0.2) is 28.9 Å². The van der Waals surface area contributed by atoms with Crippen LogP contribution in [0, 0.1) is 12.3 Å². The van der Waals surface area contributed by atoms with Crippen molar-refractivity contribution in [3.63, 3.8) is 0 Å². The molecule has 120 valence electrons. The molecule has 0 spiro atoms. The summed E-state index contributed by atoms with van der Waals surface area (Å²) in [7, 11) is 2.08. The van der Waals surface area contributed by atoms with E-state index in [2.05, 4.69) is 61.7 Å². The molecule has 0 aromatic carbocycles. The Balaban J connectivity index is 2.16. The van der Waals surface area contributed by atoms with E-state index < -0.39 is 0 Å². The smallest absolute Gasteiger partial charge is 0.131 e. The standard InChI is InChI=1S/C17H32N4/c1-7-17(5)8-10-21(11-9-17)16-15(12-18-13(2)3)14(4)19-20(16)6/h13,18H,7-12H2,1-6H3. The minimum atomic E-state index is 0.502. The van der Waals surface area contributed by atoms with E-state index in [9.17, 15) is 0 Å². The van der Waals surface area contributed by atoms with Crippen molar-refractivity contribution < 1.29 is 0 Å². The summed E-state index contributed by atoms with van der Waals surface area (Å²) in [4.78, 5) is 2.54. The van der Waals surface area contributed by atoms with E-state index in [1.165, 1.54) is 30.6 Å². The number of hydrogen-bond acceptors (Lipinski definition) is 3. The number of nitrogens with one attached hydrogen (secondary N) is 1. The molecule has 1 aliphatic heterocycles. The zero-order valence-electron chi connectivity index (χ0n) is 14.7. The molecule has 4 heteroatoms. The van der Waals surface area contributed by atoms with Crippen LogP contribution in [0.25, 0.3) is 0 Å². The molecule has 0 unspecified atom stereocenters. The Morgan fingerprint density at radius 3 is 2.43 bits per heavy atom. The summed E-state index contributed by atoms with van der Waals surface area (Å²) in [5.41, 5.74) is 3.05. The molecule has 1 saturated heterocycles. The highest BCUT2D eigenvalue weighted by atomic mass is 15.4. The predicted octanol–water partition coefficient (Wildman–Crippen LogP) is 3.24. The molecule has 0 atom stereocenters. The fourth-order valence-corrected chi connectivity index (χ4v) is 3.21. The molecule has 0 radical (unpaired) electrons. The molecule has 1 N–H and O–H groups in total. The zero-order valence-corrected chi connectivity index (χ0v) is 14.7. The van der Waals surface area contributed by atoms with Crippen molar-refractivity contribution in [2.75, 3.05) is 18.0 Å². The van der Waals surface area contributed by atoms with E-state index in [1.807, 2.05) is 0 Å². The highest BCUT2D eigenvalue weighted by molar-refractivity contribution is 5.50. The van der Waals surface area contributed by atoms with Gasteiger partial charge in [-0.3, -0.25) is 4.68 Å². The van der Waals surface area contributed by atoms with Crippen LogP contribution < -0.4 is 10.2 Å². The largest absolute Gasteiger partial charge is 0.357 e. The van der Waals surface area contributed by atoms with E-state index in [0.29, 0.717) is 11.5 Å². The average Bonchev–Trinajstić information content (AvgIpc) is 2.72. The lowest BCUT2D eigenvalue weighted by Gasteiger charge is -2.40. The van der Waals surface area contributed by atoms with Gasteiger partial charge in [0.1, 0.15) is 5.82 Å². The van der Waals surface area contributed by atoms with Crippen LogP contribution in [0.3, 0.4) is 0 Å². The molecule has 21 heavy (non-hydrogen) atoms. The molecule has 0 aliphatic carbocycles. The maximum Gasteiger partial charge on any atom is 0.131 e. The summed E-state index contributed by atoms with van der Waals surface area (Å²) in [6, 6.07) is 0.502. The molecule has 1 fully saturated rings. The van der Waals surface area contributed by atoms with Gasteiger partial charge < -0.3 is 10.2 Å². The van der Waals surface area contributed by atoms with Crippen molar-refractivity contribution in [3.8, 4) is 0 Å². The quantitative estimate of drug-likeness (QED) is 0.904. The molecule has 0 saturated carbocycles. The van der Waals surface area contributed by atoms with Crippen molar-refractivity contribution in [3.05, 3.63) is 11.3 Å². The lowest BCUT2D eigenvalue weighted by molar-refractivity contribution is 0.237. The van der Waals surface area contributed by atoms with Crippen LogP contribution in [0.4, 0.5) is 5.82 Å². The Kier molecular flexibility index (Phi) is 4.97. The normalized spacial score (nSPS) is 18.5. The van der Waals surface area contributed by atoms with E-state index in [1.54, 1.807) is 0 Å². The van der Waals surface area contributed by atoms with Crippen LogP contribution in [0.5, 0.6) is 0 Å². The lowest BCUT2D eigenvalue weighted by Crippen LogP contribution is -2.40. The molecule has 1 aliphatic rings. The summed E-state index contributed by atoms with van der Waals surface area (Å²) in [6.07, 6.45) is 3.85. The number of piperidine rings is 1. The summed E-state index contributed by atoms with van der Waals surface area (Å²) in [5, 5.41) is 8.20. The third-order valence-electron chi connectivity index (χ3n) is 5.12. The molecule has 2 rings (SSSR count). The molecule has 1 aromatic rings. The van der Waals surface area contributed by atoms with Crippen molar-refractivity contribution >= 4 is 5.82 Å². The minimum Gasteiger partial charge on any atom is -0.357 e. The maximum atomic E-state index is 4.66. The number of aryl methyl sites for hydroxylation is 2. The third-order valence-corrected chi connectivity index (χ3v) is 5.12. The maximum absolute atomic E-state index is 4.66. The molecule has 0 bridgehead atoms. The minimum absolute atomic E-state index is 0.502. The van der Waals surface area contributed by atoms with Gasteiger partial charge in [-0.1, -0.05) is 34.1 Å². The van der Waals surface area contributed by atoms with E-state index in [-0.39, 0.29) is 0 Å². The van der Waals surface area contributed by atoms with Gasteiger partial charge in [0.15, 0.2) is 0 Å². The van der Waals surface area contributed by atoms with Gasteiger partial charge in [0.05, 0.1) is 5.69 Å². The Morgan fingerprint density at radius 1 is 1.29 bits per heavy atom. The highest BCUT2D eigenvalue weighted by Gasteiger charge is 2.30. The van der Waals surface area contributed by atoms with Gasteiger partial charge in [0, 0.05) is 38.3 Å².